The molecule has 25 heavy (non-hydrogen) atoms. The second-order valence-electron chi connectivity index (χ2n) is 6.64. The Balaban J connectivity index is 1.48. The molecule has 1 aromatic carbocycles. The van der Waals surface area contributed by atoms with Crippen molar-refractivity contribution in [2.24, 2.45) is 4.99 Å². The average molecular weight is 366 g/mol. The molecule has 3 rings (SSSR count). The van der Waals surface area contributed by atoms with Crippen LogP contribution in [0.1, 0.15) is 0 Å². The fraction of sp³-hybridized carbons (Fsp3) is 0.611. The summed E-state index contributed by atoms with van der Waals surface area (Å²) >= 11 is 6.11. The lowest BCUT2D eigenvalue weighted by Gasteiger charge is -2.38. The Morgan fingerprint density at radius 3 is 2.76 bits per heavy atom. The Bertz CT molecular complexity index is 589. The predicted molar refractivity (Wildman–Crippen MR) is 104 cm³/mol. The van der Waals surface area contributed by atoms with Crippen LogP contribution < -0.4 is 10.2 Å². The molecule has 1 aromatic rings. The zero-order chi connectivity index (χ0) is 17.6. The van der Waals surface area contributed by atoms with Crippen LogP contribution in [0, 0.1) is 0 Å². The SMILES string of the molecule is CN=C(NCC1CN(C)CCO1)N1CCN(c2cccc(Cl)c2)CC1. The molecular weight excluding hydrogens is 338 g/mol. The minimum Gasteiger partial charge on any atom is -0.374 e. The highest BCUT2D eigenvalue weighted by Gasteiger charge is 2.22. The van der Waals surface area contributed by atoms with Crippen molar-refractivity contribution in [3.63, 3.8) is 0 Å². The van der Waals surface area contributed by atoms with Crippen LogP contribution in [0.4, 0.5) is 5.69 Å². The van der Waals surface area contributed by atoms with E-state index in [-0.39, 0.29) is 6.10 Å². The van der Waals surface area contributed by atoms with E-state index in [2.05, 4.69) is 38.1 Å². The fourth-order valence-electron chi connectivity index (χ4n) is 3.38. The van der Waals surface area contributed by atoms with Crippen LogP contribution in [0.15, 0.2) is 29.3 Å². The minimum absolute atomic E-state index is 0.225. The summed E-state index contributed by atoms with van der Waals surface area (Å²) in [5, 5.41) is 4.26. The number of morpholine rings is 1. The highest BCUT2D eigenvalue weighted by Crippen LogP contribution is 2.20. The highest BCUT2D eigenvalue weighted by atomic mass is 35.5. The third-order valence-corrected chi connectivity index (χ3v) is 5.03. The van der Waals surface area contributed by atoms with Crippen LogP contribution in [0.25, 0.3) is 0 Å². The summed E-state index contributed by atoms with van der Waals surface area (Å²) < 4.78 is 5.82. The molecule has 7 heteroatoms. The Morgan fingerprint density at radius 2 is 2.08 bits per heavy atom. The van der Waals surface area contributed by atoms with Crippen LogP contribution in [0.3, 0.4) is 0 Å². The van der Waals surface area contributed by atoms with E-state index >= 15 is 0 Å². The van der Waals surface area contributed by atoms with E-state index in [1.807, 2.05) is 25.2 Å². The largest absolute Gasteiger partial charge is 0.374 e. The van der Waals surface area contributed by atoms with Gasteiger partial charge in [0, 0.05) is 63.6 Å². The smallest absolute Gasteiger partial charge is 0.193 e. The van der Waals surface area contributed by atoms with Gasteiger partial charge in [0.1, 0.15) is 0 Å². The molecule has 138 valence electrons. The second-order valence-corrected chi connectivity index (χ2v) is 7.07. The zero-order valence-electron chi connectivity index (χ0n) is 15.1. The van der Waals surface area contributed by atoms with Gasteiger partial charge >= 0.3 is 0 Å². The summed E-state index contributed by atoms with van der Waals surface area (Å²) in [6.45, 7) is 7.39. The molecule has 6 nitrogen and oxygen atoms in total. The summed E-state index contributed by atoms with van der Waals surface area (Å²) in [4.78, 5) is 11.4. The first kappa shape index (κ1) is 18.3. The molecule has 1 N–H and O–H groups in total. The molecule has 2 aliphatic heterocycles. The Morgan fingerprint density at radius 1 is 1.28 bits per heavy atom. The number of piperazine rings is 1. The first-order valence-corrected chi connectivity index (χ1v) is 9.30. The van der Waals surface area contributed by atoms with Gasteiger partial charge in [0.15, 0.2) is 5.96 Å². The van der Waals surface area contributed by atoms with Crippen LogP contribution in [-0.4, -0.2) is 88.4 Å². The summed E-state index contributed by atoms with van der Waals surface area (Å²) in [6, 6.07) is 8.07. The standard InChI is InChI=1S/C18H28ClN5O/c1-20-18(21-13-17-14-22(2)10-11-25-17)24-8-6-23(7-9-24)16-5-3-4-15(19)12-16/h3-5,12,17H,6-11,13-14H2,1-2H3,(H,20,21). The van der Waals surface area contributed by atoms with Crippen molar-refractivity contribution in [3.8, 4) is 0 Å². The van der Waals surface area contributed by atoms with Crippen LogP contribution in [0.2, 0.25) is 5.02 Å². The van der Waals surface area contributed by atoms with Gasteiger partial charge in [-0.3, -0.25) is 4.99 Å². The Hall–Kier alpha value is -1.50. The van der Waals surface area contributed by atoms with Gasteiger partial charge in [-0.2, -0.15) is 0 Å². The molecule has 0 amide bonds. The van der Waals surface area contributed by atoms with Crippen molar-refractivity contribution in [2.45, 2.75) is 6.10 Å². The van der Waals surface area contributed by atoms with Crippen molar-refractivity contribution < 1.29 is 4.74 Å². The fourth-order valence-corrected chi connectivity index (χ4v) is 3.56. The van der Waals surface area contributed by atoms with E-state index in [1.54, 1.807) is 0 Å². The van der Waals surface area contributed by atoms with Crippen molar-refractivity contribution in [1.29, 1.82) is 0 Å². The van der Waals surface area contributed by atoms with Gasteiger partial charge in [0.05, 0.1) is 12.7 Å². The summed E-state index contributed by atoms with van der Waals surface area (Å²) in [5.74, 6) is 0.961. The van der Waals surface area contributed by atoms with Gasteiger partial charge < -0.3 is 24.8 Å². The molecule has 0 bridgehead atoms. The monoisotopic (exact) mass is 365 g/mol. The maximum absolute atomic E-state index is 6.11. The number of benzene rings is 1. The molecule has 0 saturated carbocycles. The number of hydrogen-bond donors (Lipinski definition) is 1. The van der Waals surface area contributed by atoms with Crippen molar-refractivity contribution in [1.82, 2.24) is 15.1 Å². The number of hydrogen-bond acceptors (Lipinski definition) is 4. The molecule has 0 aromatic heterocycles. The van der Waals surface area contributed by atoms with Crippen molar-refractivity contribution in [3.05, 3.63) is 29.3 Å². The molecule has 1 atom stereocenters. The van der Waals surface area contributed by atoms with E-state index < -0.39 is 0 Å². The summed E-state index contributed by atoms with van der Waals surface area (Å²) in [6.07, 6.45) is 0.225. The molecule has 2 aliphatic rings. The predicted octanol–water partition coefficient (Wildman–Crippen LogP) is 1.37. The molecule has 0 radical (unpaired) electrons. The molecule has 1 unspecified atom stereocenters. The lowest BCUT2D eigenvalue weighted by Crippen LogP contribution is -2.54. The van der Waals surface area contributed by atoms with Gasteiger partial charge in [0.25, 0.3) is 0 Å². The van der Waals surface area contributed by atoms with Crippen LogP contribution >= 0.6 is 11.6 Å². The highest BCUT2D eigenvalue weighted by molar-refractivity contribution is 6.30. The van der Waals surface area contributed by atoms with E-state index in [0.29, 0.717) is 0 Å². The Kier molecular flexibility index (Phi) is 6.39. The molecule has 0 aliphatic carbocycles. The van der Waals surface area contributed by atoms with Gasteiger partial charge in [-0.05, 0) is 25.2 Å². The quantitative estimate of drug-likeness (QED) is 0.647. The van der Waals surface area contributed by atoms with Gasteiger partial charge in [-0.15, -0.1) is 0 Å². The Labute approximate surface area is 155 Å². The number of nitrogens with one attached hydrogen (secondary N) is 1. The first-order chi connectivity index (χ1) is 12.2. The van der Waals surface area contributed by atoms with Crippen molar-refractivity contribution >= 4 is 23.2 Å². The first-order valence-electron chi connectivity index (χ1n) is 8.92. The third-order valence-electron chi connectivity index (χ3n) is 4.79. The summed E-state index contributed by atoms with van der Waals surface area (Å²) in [5.41, 5.74) is 1.19. The van der Waals surface area contributed by atoms with Gasteiger partial charge in [0.2, 0.25) is 0 Å². The normalized spacial score (nSPS) is 23.0. The number of nitrogens with zero attached hydrogens (tertiary/aromatic N) is 4. The number of aliphatic imine (C=N–C) groups is 1. The molecule has 0 spiro atoms. The van der Waals surface area contributed by atoms with Gasteiger partial charge in [-0.1, -0.05) is 17.7 Å². The van der Waals surface area contributed by atoms with Crippen LogP contribution in [-0.2, 0) is 4.74 Å². The number of guanidine groups is 1. The molecular formula is C18H28ClN5O. The van der Waals surface area contributed by atoms with Crippen molar-refractivity contribution in [2.75, 3.05) is 71.4 Å². The topological polar surface area (TPSA) is 43.3 Å². The number of rotatable bonds is 3. The molecule has 2 fully saturated rings. The number of halogens is 1. The lowest BCUT2D eigenvalue weighted by molar-refractivity contribution is -0.0163. The van der Waals surface area contributed by atoms with E-state index in [9.17, 15) is 0 Å². The molecule has 2 heterocycles. The van der Waals surface area contributed by atoms with E-state index in [1.165, 1.54) is 5.69 Å². The zero-order valence-corrected chi connectivity index (χ0v) is 15.9. The van der Waals surface area contributed by atoms with E-state index in [4.69, 9.17) is 16.3 Å². The van der Waals surface area contributed by atoms with E-state index in [0.717, 1.165) is 63.4 Å². The number of anilines is 1. The lowest BCUT2D eigenvalue weighted by atomic mass is 10.2. The maximum atomic E-state index is 6.11. The maximum Gasteiger partial charge on any atom is 0.193 e. The third kappa shape index (κ3) is 5.00. The molecule has 2 saturated heterocycles. The average Bonchev–Trinajstić information content (AvgIpc) is 2.63. The minimum atomic E-state index is 0.225. The van der Waals surface area contributed by atoms with Crippen LogP contribution in [0.5, 0.6) is 0 Å². The number of ether oxygens (including phenoxy) is 1. The summed E-state index contributed by atoms with van der Waals surface area (Å²) in [7, 11) is 3.99. The van der Waals surface area contributed by atoms with Gasteiger partial charge in [-0.25, -0.2) is 0 Å². The second kappa shape index (κ2) is 8.74. The number of likely N-dealkylation sites (N-methyl/N-ethyl adjacent to an activating group) is 1.